The molecule has 9 heteroatoms. The fourth-order valence-corrected chi connectivity index (χ4v) is 2.23. The number of alkyl carbamates (subject to hydrolysis) is 1. The van der Waals surface area contributed by atoms with Crippen molar-refractivity contribution >= 4 is 22.1 Å². The van der Waals surface area contributed by atoms with Crippen LogP contribution in [0, 0.1) is 0 Å². The third-order valence-electron chi connectivity index (χ3n) is 2.47. The quantitative estimate of drug-likeness (QED) is 0.685. The first-order chi connectivity index (χ1) is 10.3. The van der Waals surface area contributed by atoms with Crippen LogP contribution in [0.5, 0.6) is 0 Å². The standard InChI is InChI=1S/C13H18N2O6S/c1-2-20-12(16)11(9-22(14,18)19)15-13(17)21-8-10-6-4-3-5-7-10/h3-7,11H,2,8-9H2,1H3,(H,15,17)(H2,14,18,19)/t11-/m0/s1. The van der Waals surface area contributed by atoms with Crippen LogP contribution in [0.3, 0.4) is 0 Å². The van der Waals surface area contributed by atoms with Gasteiger partial charge in [0.05, 0.1) is 12.4 Å². The molecule has 8 nitrogen and oxygen atoms in total. The number of carbonyl (C=O) groups excluding carboxylic acids is 2. The molecule has 0 aliphatic heterocycles. The van der Waals surface area contributed by atoms with E-state index >= 15 is 0 Å². The Morgan fingerprint density at radius 1 is 1.23 bits per heavy atom. The van der Waals surface area contributed by atoms with Gasteiger partial charge in [-0.05, 0) is 12.5 Å². The molecule has 1 amide bonds. The third-order valence-corrected chi connectivity index (χ3v) is 3.27. The van der Waals surface area contributed by atoms with Crippen molar-refractivity contribution in [2.45, 2.75) is 19.6 Å². The summed E-state index contributed by atoms with van der Waals surface area (Å²) < 4.78 is 31.8. The fourth-order valence-electron chi connectivity index (χ4n) is 1.55. The predicted octanol–water partition coefficient (Wildman–Crippen LogP) is 0.133. The summed E-state index contributed by atoms with van der Waals surface area (Å²) in [7, 11) is -3.97. The number of carbonyl (C=O) groups is 2. The van der Waals surface area contributed by atoms with Gasteiger partial charge in [0.25, 0.3) is 0 Å². The maximum atomic E-state index is 11.6. The van der Waals surface area contributed by atoms with Crippen LogP contribution in [0.4, 0.5) is 4.79 Å². The number of hydrogen-bond acceptors (Lipinski definition) is 6. The Kier molecular flexibility index (Phi) is 6.80. The van der Waals surface area contributed by atoms with Gasteiger partial charge < -0.3 is 14.8 Å². The third kappa shape index (κ3) is 7.04. The van der Waals surface area contributed by atoms with E-state index in [1.165, 1.54) is 0 Å². The van der Waals surface area contributed by atoms with E-state index in [1.54, 1.807) is 31.2 Å². The van der Waals surface area contributed by atoms with Gasteiger partial charge in [0, 0.05) is 0 Å². The summed E-state index contributed by atoms with van der Waals surface area (Å²) in [6, 6.07) is 7.45. The van der Waals surface area contributed by atoms with E-state index in [-0.39, 0.29) is 13.2 Å². The largest absolute Gasteiger partial charge is 0.464 e. The average Bonchev–Trinajstić information content (AvgIpc) is 2.44. The molecule has 1 atom stereocenters. The molecular weight excluding hydrogens is 312 g/mol. The molecule has 1 aromatic carbocycles. The van der Waals surface area contributed by atoms with Gasteiger partial charge in [-0.1, -0.05) is 30.3 Å². The van der Waals surface area contributed by atoms with Crippen molar-refractivity contribution in [1.29, 1.82) is 0 Å². The Morgan fingerprint density at radius 3 is 2.41 bits per heavy atom. The van der Waals surface area contributed by atoms with Crippen molar-refractivity contribution in [2.75, 3.05) is 12.4 Å². The van der Waals surface area contributed by atoms with Crippen molar-refractivity contribution in [3.05, 3.63) is 35.9 Å². The van der Waals surface area contributed by atoms with E-state index in [0.29, 0.717) is 0 Å². The average molecular weight is 330 g/mol. The zero-order chi connectivity index (χ0) is 16.6. The normalized spacial score (nSPS) is 12.3. The van der Waals surface area contributed by atoms with E-state index in [4.69, 9.17) is 9.88 Å². The topological polar surface area (TPSA) is 125 Å². The summed E-state index contributed by atoms with van der Waals surface area (Å²) in [6.07, 6.45) is -0.939. The Hall–Kier alpha value is -2.13. The van der Waals surface area contributed by atoms with Crippen molar-refractivity contribution in [3.63, 3.8) is 0 Å². The molecule has 3 N–H and O–H groups in total. The highest BCUT2D eigenvalue weighted by atomic mass is 32.2. The van der Waals surface area contributed by atoms with E-state index < -0.39 is 33.9 Å². The van der Waals surface area contributed by atoms with E-state index in [2.05, 4.69) is 10.1 Å². The maximum absolute atomic E-state index is 11.6. The molecule has 0 aromatic heterocycles. The first kappa shape index (κ1) is 17.9. The summed E-state index contributed by atoms with van der Waals surface area (Å²) in [5.74, 6) is -1.67. The summed E-state index contributed by atoms with van der Waals surface area (Å²) in [4.78, 5) is 23.3. The highest BCUT2D eigenvalue weighted by Crippen LogP contribution is 2.01. The van der Waals surface area contributed by atoms with Gasteiger partial charge in [-0.15, -0.1) is 0 Å². The second-order valence-electron chi connectivity index (χ2n) is 4.34. The molecule has 0 bridgehead atoms. The highest BCUT2D eigenvalue weighted by Gasteiger charge is 2.27. The number of sulfonamides is 1. The van der Waals surface area contributed by atoms with Gasteiger partial charge in [-0.3, -0.25) is 0 Å². The minimum atomic E-state index is -3.97. The number of benzene rings is 1. The number of primary sulfonamides is 1. The summed E-state index contributed by atoms with van der Waals surface area (Å²) in [6.45, 7) is 1.58. The van der Waals surface area contributed by atoms with Gasteiger partial charge in [-0.2, -0.15) is 0 Å². The number of nitrogens with two attached hydrogens (primary N) is 1. The number of nitrogens with one attached hydrogen (secondary N) is 1. The number of hydrogen-bond donors (Lipinski definition) is 2. The monoisotopic (exact) mass is 330 g/mol. The van der Waals surface area contributed by atoms with Crippen molar-refractivity contribution < 1.29 is 27.5 Å². The zero-order valence-corrected chi connectivity index (χ0v) is 12.8. The van der Waals surface area contributed by atoms with Gasteiger partial charge in [0.15, 0.2) is 0 Å². The molecule has 1 rings (SSSR count). The van der Waals surface area contributed by atoms with Crippen molar-refractivity contribution in [3.8, 4) is 0 Å². The highest BCUT2D eigenvalue weighted by molar-refractivity contribution is 7.89. The number of ether oxygens (including phenoxy) is 2. The molecule has 0 saturated carbocycles. The molecule has 0 saturated heterocycles. The van der Waals surface area contributed by atoms with Gasteiger partial charge in [-0.25, -0.2) is 23.1 Å². The molecule has 0 fully saturated rings. The Morgan fingerprint density at radius 2 is 1.86 bits per heavy atom. The van der Waals surface area contributed by atoms with Gasteiger partial charge >= 0.3 is 12.1 Å². The second-order valence-corrected chi connectivity index (χ2v) is 6.00. The maximum Gasteiger partial charge on any atom is 0.408 e. The molecule has 122 valence electrons. The van der Waals surface area contributed by atoms with Crippen LogP contribution in [0.1, 0.15) is 12.5 Å². The van der Waals surface area contributed by atoms with Crippen LogP contribution >= 0.6 is 0 Å². The minimum absolute atomic E-state index is 0.0163. The van der Waals surface area contributed by atoms with E-state index in [9.17, 15) is 18.0 Å². The lowest BCUT2D eigenvalue weighted by Gasteiger charge is -2.16. The molecule has 1 aromatic rings. The Bertz CT molecular complexity index is 602. The van der Waals surface area contributed by atoms with Crippen LogP contribution in [0.2, 0.25) is 0 Å². The predicted molar refractivity (Wildman–Crippen MR) is 78.2 cm³/mol. The van der Waals surface area contributed by atoms with Crippen LogP contribution in [-0.2, 0) is 30.9 Å². The van der Waals surface area contributed by atoms with Gasteiger partial charge in [0.2, 0.25) is 10.0 Å². The minimum Gasteiger partial charge on any atom is -0.464 e. The van der Waals surface area contributed by atoms with Crippen LogP contribution < -0.4 is 10.5 Å². The smallest absolute Gasteiger partial charge is 0.408 e. The lowest BCUT2D eigenvalue weighted by molar-refractivity contribution is -0.144. The Balaban J connectivity index is 2.60. The zero-order valence-electron chi connectivity index (χ0n) is 12.0. The molecule has 0 heterocycles. The van der Waals surface area contributed by atoms with Gasteiger partial charge in [0.1, 0.15) is 12.6 Å². The van der Waals surface area contributed by atoms with E-state index in [0.717, 1.165) is 5.56 Å². The van der Waals surface area contributed by atoms with E-state index in [1.807, 2.05) is 6.07 Å². The molecular formula is C13H18N2O6S. The lowest BCUT2D eigenvalue weighted by atomic mass is 10.2. The summed E-state index contributed by atoms with van der Waals surface area (Å²) in [5.41, 5.74) is 0.747. The summed E-state index contributed by atoms with van der Waals surface area (Å²) >= 11 is 0. The van der Waals surface area contributed by atoms with Crippen LogP contribution in [0.15, 0.2) is 30.3 Å². The Labute approximate surface area is 128 Å². The SMILES string of the molecule is CCOC(=O)[C@H](CS(N)(=O)=O)NC(=O)OCc1ccccc1. The molecule has 0 radical (unpaired) electrons. The number of rotatable bonds is 7. The summed E-state index contributed by atoms with van der Waals surface area (Å²) in [5, 5.41) is 7.02. The second kappa shape index (κ2) is 8.35. The number of amides is 1. The molecule has 0 aliphatic carbocycles. The molecule has 0 spiro atoms. The molecule has 0 aliphatic rings. The van der Waals surface area contributed by atoms with Crippen LogP contribution in [-0.4, -0.2) is 38.9 Å². The first-order valence-electron chi connectivity index (χ1n) is 6.46. The molecule has 22 heavy (non-hydrogen) atoms. The first-order valence-corrected chi connectivity index (χ1v) is 8.17. The lowest BCUT2D eigenvalue weighted by Crippen LogP contribution is -2.47. The molecule has 0 unspecified atom stereocenters. The van der Waals surface area contributed by atoms with Crippen molar-refractivity contribution in [2.24, 2.45) is 5.14 Å². The van der Waals surface area contributed by atoms with Crippen molar-refractivity contribution in [1.82, 2.24) is 5.32 Å². The fraction of sp³-hybridized carbons (Fsp3) is 0.385. The number of esters is 1. The van der Waals surface area contributed by atoms with Crippen LogP contribution in [0.25, 0.3) is 0 Å².